The molecule has 38 heavy (non-hydrogen) atoms. The van der Waals surface area contributed by atoms with Crippen LogP contribution in [0.1, 0.15) is 27.8 Å². The Morgan fingerprint density at radius 3 is 2.34 bits per heavy atom. The molecule has 1 aliphatic carbocycles. The van der Waals surface area contributed by atoms with Gasteiger partial charge in [-0.25, -0.2) is 0 Å². The fraction of sp³-hybridized carbons (Fsp3) is 0.188. The molecule has 4 bridgehead atoms. The first-order chi connectivity index (χ1) is 18.3. The van der Waals surface area contributed by atoms with Gasteiger partial charge in [-0.2, -0.15) is 0 Å². The van der Waals surface area contributed by atoms with E-state index >= 15 is 0 Å². The second-order valence-electron chi connectivity index (χ2n) is 10.6. The van der Waals surface area contributed by atoms with Gasteiger partial charge in [-0.15, -0.1) is 0 Å². The lowest BCUT2D eigenvalue weighted by molar-refractivity contribution is 0.176. The van der Waals surface area contributed by atoms with Gasteiger partial charge in [0.25, 0.3) is 0 Å². The maximum atomic E-state index is 11.3. The van der Waals surface area contributed by atoms with Crippen LogP contribution >= 0.6 is 0 Å². The average Bonchev–Trinajstić information content (AvgIpc) is 3.21. The topological polar surface area (TPSA) is 104 Å². The fourth-order valence-electron chi connectivity index (χ4n) is 6.93. The Kier molecular flexibility index (Phi) is 4.81. The molecule has 3 heterocycles. The van der Waals surface area contributed by atoms with Crippen molar-refractivity contribution in [1.29, 1.82) is 0 Å². The quantitative estimate of drug-likeness (QED) is 0.248. The molecule has 1 unspecified atom stereocenters. The minimum absolute atomic E-state index is 0.00791. The number of rotatable bonds is 1. The number of phenolic OH excluding ortho intramolecular Hbond substituents is 5. The molecule has 6 heteroatoms. The Morgan fingerprint density at radius 2 is 1.53 bits per heavy atom. The molecule has 0 radical (unpaired) electrons. The van der Waals surface area contributed by atoms with Crippen molar-refractivity contribution in [2.45, 2.75) is 24.3 Å². The highest BCUT2D eigenvalue weighted by molar-refractivity contribution is 5.87. The molecular weight excluding hydrogens is 478 g/mol. The molecule has 3 atom stereocenters. The van der Waals surface area contributed by atoms with Crippen molar-refractivity contribution in [2.75, 3.05) is 13.1 Å². The zero-order valence-electron chi connectivity index (χ0n) is 20.6. The largest absolute Gasteiger partial charge is 0.508 e. The Balaban J connectivity index is 1.58. The van der Waals surface area contributed by atoms with E-state index in [1.54, 1.807) is 30.3 Å². The van der Waals surface area contributed by atoms with Crippen LogP contribution in [0, 0.1) is 0 Å². The maximum absolute atomic E-state index is 11.3. The van der Waals surface area contributed by atoms with Gasteiger partial charge in [0, 0.05) is 36.3 Å². The van der Waals surface area contributed by atoms with E-state index in [1.165, 1.54) is 6.07 Å². The maximum Gasteiger partial charge on any atom is 0.124 e. The summed E-state index contributed by atoms with van der Waals surface area (Å²) in [7, 11) is 0. The molecule has 4 aromatic rings. The number of hydrogen-bond donors (Lipinski definition) is 5. The Hall–Kier alpha value is -4.42. The van der Waals surface area contributed by atoms with E-state index in [0.717, 1.165) is 33.4 Å². The van der Waals surface area contributed by atoms with Crippen LogP contribution in [0.25, 0.3) is 16.7 Å². The van der Waals surface area contributed by atoms with Crippen LogP contribution < -0.4 is 0 Å². The van der Waals surface area contributed by atoms with Crippen molar-refractivity contribution in [3.05, 3.63) is 107 Å². The Labute approximate surface area is 220 Å². The summed E-state index contributed by atoms with van der Waals surface area (Å²) >= 11 is 0. The van der Waals surface area contributed by atoms with E-state index in [2.05, 4.69) is 11.0 Å². The van der Waals surface area contributed by atoms with Crippen LogP contribution in [0.3, 0.4) is 0 Å². The predicted molar refractivity (Wildman–Crippen MR) is 145 cm³/mol. The van der Waals surface area contributed by atoms with Gasteiger partial charge < -0.3 is 25.5 Å². The van der Waals surface area contributed by atoms with Crippen molar-refractivity contribution in [3.8, 4) is 39.9 Å². The minimum atomic E-state index is -0.826. The van der Waals surface area contributed by atoms with E-state index < -0.39 is 5.41 Å². The van der Waals surface area contributed by atoms with Crippen LogP contribution in [0.5, 0.6) is 28.7 Å². The number of fused-ring (bicyclic) bond motifs is 6. The SMILES string of the molecule is Oc1cccc([C@@]23C=C4CN(CCc5ccc(c(O)c5)-c5ccc(O)cc54)[C@@H]2Cc2cc(O)cc(O)c23)c1. The standard InChI is InChI=1S/C32H27NO5/c34-22-3-1-2-21(13-22)32-16-20-17-33(30(32)12-19-11-24(36)15-29(38)31(19)32)9-8-18-4-6-26(28(37)10-18)25-7-5-23(35)14-27(20)25/h1-7,10-11,13-16,30,34-38H,8-9,12,17H2/t30-,32+/m1/s1. The molecule has 3 aliphatic heterocycles. The molecule has 0 spiro atoms. The first-order valence-corrected chi connectivity index (χ1v) is 12.8. The van der Waals surface area contributed by atoms with Gasteiger partial charge in [-0.3, -0.25) is 4.90 Å². The van der Waals surface area contributed by atoms with E-state index in [0.29, 0.717) is 37.1 Å². The first kappa shape index (κ1) is 22.8. The number of benzene rings is 4. The van der Waals surface area contributed by atoms with Gasteiger partial charge in [0.2, 0.25) is 0 Å². The monoisotopic (exact) mass is 505 g/mol. The number of nitrogens with zero attached hydrogens (tertiary/aromatic N) is 1. The number of aromatic hydroxyl groups is 5. The van der Waals surface area contributed by atoms with Crippen LogP contribution in [-0.4, -0.2) is 49.6 Å². The van der Waals surface area contributed by atoms with Gasteiger partial charge in [-0.05, 0) is 88.7 Å². The van der Waals surface area contributed by atoms with Crippen LogP contribution in [-0.2, 0) is 18.3 Å². The summed E-state index contributed by atoms with van der Waals surface area (Å²) in [4.78, 5) is 2.39. The molecule has 0 saturated heterocycles. The predicted octanol–water partition coefficient (Wildman–Crippen LogP) is 5.05. The van der Waals surface area contributed by atoms with Gasteiger partial charge in [0.05, 0.1) is 5.41 Å². The Morgan fingerprint density at radius 1 is 0.711 bits per heavy atom. The third-order valence-electron chi connectivity index (χ3n) is 8.47. The van der Waals surface area contributed by atoms with Crippen LogP contribution in [0.2, 0.25) is 0 Å². The molecule has 5 N–H and O–H groups in total. The van der Waals surface area contributed by atoms with Gasteiger partial charge >= 0.3 is 0 Å². The van der Waals surface area contributed by atoms with E-state index in [4.69, 9.17) is 0 Å². The molecule has 6 nitrogen and oxygen atoms in total. The second kappa shape index (κ2) is 8.04. The van der Waals surface area contributed by atoms with Crippen molar-refractivity contribution < 1.29 is 25.5 Å². The summed E-state index contributed by atoms with van der Waals surface area (Å²) < 4.78 is 0. The molecule has 8 rings (SSSR count). The van der Waals surface area contributed by atoms with Crippen molar-refractivity contribution in [1.82, 2.24) is 4.90 Å². The molecule has 0 aromatic heterocycles. The van der Waals surface area contributed by atoms with Crippen molar-refractivity contribution in [3.63, 3.8) is 0 Å². The first-order valence-electron chi connectivity index (χ1n) is 12.8. The zero-order chi connectivity index (χ0) is 26.2. The molecular formula is C32H27NO5. The summed E-state index contributed by atoms with van der Waals surface area (Å²) in [5.74, 6) is 0.473. The fourth-order valence-corrected chi connectivity index (χ4v) is 6.93. The summed E-state index contributed by atoms with van der Waals surface area (Å²) in [5, 5.41) is 53.7. The lowest BCUT2D eigenvalue weighted by Gasteiger charge is -2.46. The Bertz CT molecular complexity index is 1660. The average molecular weight is 506 g/mol. The van der Waals surface area contributed by atoms with Crippen LogP contribution in [0.15, 0.2) is 78.9 Å². The third-order valence-corrected chi connectivity index (χ3v) is 8.47. The highest BCUT2D eigenvalue weighted by Crippen LogP contribution is 2.56. The summed E-state index contributed by atoms with van der Waals surface area (Å²) in [6.07, 6.45) is 3.47. The van der Waals surface area contributed by atoms with Crippen molar-refractivity contribution >= 4 is 5.57 Å². The van der Waals surface area contributed by atoms with Crippen molar-refractivity contribution in [2.24, 2.45) is 0 Å². The summed E-state index contributed by atoms with van der Waals surface area (Å²) in [6, 6.07) is 21.1. The van der Waals surface area contributed by atoms with E-state index in [9.17, 15) is 25.5 Å². The molecule has 4 aromatic carbocycles. The lowest BCUT2D eigenvalue weighted by Crippen LogP contribution is -2.52. The molecule has 0 fully saturated rings. The van der Waals surface area contributed by atoms with Gasteiger partial charge in [0.1, 0.15) is 28.7 Å². The normalized spacial score (nSPS) is 23.1. The van der Waals surface area contributed by atoms with Gasteiger partial charge in [-0.1, -0.05) is 30.3 Å². The zero-order valence-corrected chi connectivity index (χ0v) is 20.6. The molecule has 0 amide bonds. The summed E-state index contributed by atoms with van der Waals surface area (Å²) in [5.41, 5.74) is 5.84. The highest BCUT2D eigenvalue weighted by atomic mass is 16.3. The second-order valence-corrected chi connectivity index (χ2v) is 10.6. The van der Waals surface area contributed by atoms with Gasteiger partial charge in [0.15, 0.2) is 0 Å². The minimum Gasteiger partial charge on any atom is -0.508 e. The summed E-state index contributed by atoms with van der Waals surface area (Å²) in [6.45, 7) is 1.29. The lowest BCUT2D eigenvalue weighted by atomic mass is 9.68. The molecule has 4 aliphatic rings. The third kappa shape index (κ3) is 3.23. The van der Waals surface area contributed by atoms with E-state index in [-0.39, 0.29) is 34.8 Å². The molecule has 0 saturated carbocycles. The highest BCUT2D eigenvalue weighted by Gasteiger charge is 2.53. The number of hydrogen-bond acceptors (Lipinski definition) is 6. The van der Waals surface area contributed by atoms with E-state index in [1.807, 2.05) is 36.4 Å². The number of phenols is 5. The molecule has 190 valence electrons. The smallest absolute Gasteiger partial charge is 0.124 e. The van der Waals surface area contributed by atoms with Crippen LogP contribution in [0.4, 0.5) is 0 Å².